The van der Waals surface area contributed by atoms with Gasteiger partial charge in [0.2, 0.25) is 0 Å². The summed E-state index contributed by atoms with van der Waals surface area (Å²) in [5.41, 5.74) is 6.93. The van der Waals surface area contributed by atoms with Crippen molar-refractivity contribution in [3.8, 4) is 0 Å². The van der Waals surface area contributed by atoms with Crippen LogP contribution < -0.4 is 5.32 Å². The van der Waals surface area contributed by atoms with E-state index in [1.54, 1.807) is 0 Å². The largest absolute Gasteiger partial charge is 0.310 e. The average Bonchev–Trinajstić information content (AvgIpc) is 2.45. The average molecular weight is 393 g/mol. The van der Waals surface area contributed by atoms with Gasteiger partial charge in [0.1, 0.15) is 0 Å². The lowest BCUT2D eigenvalue weighted by molar-refractivity contribution is 0.546. The van der Waals surface area contributed by atoms with Crippen LogP contribution in [0.1, 0.15) is 40.8 Å². The Bertz CT molecular complexity index is 619. The van der Waals surface area contributed by atoms with Crippen LogP contribution in [0, 0.1) is 24.3 Å². The van der Waals surface area contributed by atoms with E-state index in [4.69, 9.17) is 0 Å². The summed E-state index contributed by atoms with van der Waals surface area (Å²) in [4.78, 5) is 0. The Hall–Kier alpha value is -0.870. The molecule has 2 heteroatoms. The summed E-state index contributed by atoms with van der Waals surface area (Å²) in [5, 5.41) is 3.66. The number of benzene rings is 2. The molecule has 0 saturated heterocycles. The first-order valence-corrected chi connectivity index (χ1v) is 8.65. The van der Waals surface area contributed by atoms with E-state index in [-0.39, 0.29) is 0 Å². The SMILES string of the molecule is CCNC(Cc1cc(C)ccc1C)c1cccc(C)c1I. The Morgan fingerprint density at radius 3 is 2.52 bits per heavy atom. The predicted octanol–water partition coefficient (Wildman–Crippen LogP) is 5.11. The first-order chi connectivity index (χ1) is 10.0. The second kappa shape index (κ2) is 7.41. The molecule has 112 valence electrons. The number of aryl methyl sites for hydroxylation is 3. The minimum Gasteiger partial charge on any atom is -0.310 e. The molecular weight excluding hydrogens is 369 g/mol. The topological polar surface area (TPSA) is 12.0 Å². The van der Waals surface area contributed by atoms with Crippen LogP contribution in [0.3, 0.4) is 0 Å². The summed E-state index contributed by atoms with van der Waals surface area (Å²) < 4.78 is 1.38. The van der Waals surface area contributed by atoms with Crippen molar-refractivity contribution in [2.24, 2.45) is 0 Å². The van der Waals surface area contributed by atoms with Crippen molar-refractivity contribution in [2.75, 3.05) is 6.54 Å². The van der Waals surface area contributed by atoms with Gasteiger partial charge in [0, 0.05) is 9.61 Å². The standard InChI is InChI=1S/C19H24IN/c1-5-21-18(17-8-6-7-15(4)19(17)20)12-16-11-13(2)9-10-14(16)3/h6-11,18,21H,5,12H2,1-4H3. The van der Waals surface area contributed by atoms with Crippen LogP contribution in [0.4, 0.5) is 0 Å². The number of nitrogens with one attached hydrogen (secondary N) is 1. The summed E-state index contributed by atoms with van der Waals surface area (Å²) in [5.74, 6) is 0. The lowest BCUT2D eigenvalue weighted by atomic mass is 9.94. The van der Waals surface area contributed by atoms with Crippen LogP contribution in [-0.2, 0) is 6.42 Å². The second-order valence-electron chi connectivity index (χ2n) is 5.72. The van der Waals surface area contributed by atoms with Gasteiger partial charge in [-0.05, 0) is 78.6 Å². The second-order valence-corrected chi connectivity index (χ2v) is 6.80. The van der Waals surface area contributed by atoms with E-state index in [1.807, 2.05) is 0 Å². The molecule has 1 atom stereocenters. The van der Waals surface area contributed by atoms with Gasteiger partial charge in [-0.3, -0.25) is 0 Å². The molecule has 0 radical (unpaired) electrons. The first-order valence-electron chi connectivity index (χ1n) is 7.57. The molecule has 2 aromatic rings. The van der Waals surface area contributed by atoms with E-state index in [9.17, 15) is 0 Å². The van der Waals surface area contributed by atoms with Gasteiger partial charge in [-0.1, -0.05) is 48.9 Å². The molecule has 0 aliphatic rings. The van der Waals surface area contributed by atoms with E-state index in [0.29, 0.717) is 6.04 Å². The van der Waals surface area contributed by atoms with Gasteiger partial charge >= 0.3 is 0 Å². The molecule has 0 amide bonds. The number of likely N-dealkylation sites (N-methyl/N-ethyl adjacent to an activating group) is 1. The maximum absolute atomic E-state index is 3.66. The zero-order chi connectivity index (χ0) is 15.4. The van der Waals surface area contributed by atoms with Crippen LogP contribution >= 0.6 is 22.6 Å². The van der Waals surface area contributed by atoms with E-state index in [0.717, 1.165) is 13.0 Å². The molecular formula is C19H24IN. The Morgan fingerprint density at radius 1 is 1.05 bits per heavy atom. The summed E-state index contributed by atoms with van der Waals surface area (Å²) in [6, 6.07) is 13.7. The van der Waals surface area contributed by atoms with Gasteiger partial charge < -0.3 is 5.32 Å². The van der Waals surface area contributed by atoms with Crippen molar-refractivity contribution < 1.29 is 0 Å². The fraction of sp³-hybridized carbons (Fsp3) is 0.368. The van der Waals surface area contributed by atoms with Gasteiger partial charge in [0.05, 0.1) is 0 Å². The van der Waals surface area contributed by atoms with Gasteiger partial charge in [0.15, 0.2) is 0 Å². The Balaban J connectivity index is 2.35. The summed E-state index contributed by atoms with van der Waals surface area (Å²) >= 11 is 2.48. The highest BCUT2D eigenvalue weighted by molar-refractivity contribution is 14.1. The molecule has 0 saturated carbocycles. The molecule has 0 spiro atoms. The molecule has 1 nitrogen and oxygen atoms in total. The summed E-state index contributed by atoms with van der Waals surface area (Å²) in [6.45, 7) is 9.73. The zero-order valence-corrected chi connectivity index (χ0v) is 15.5. The molecule has 0 fully saturated rings. The van der Waals surface area contributed by atoms with E-state index < -0.39 is 0 Å². The lowest BCUT2D eigenvalue weighted by Gasteiger charge is -2.22. The van der Waals surface area contributed by atoms with Crippen LogP contribution in [-0.4, -0.2) is 6.54 Å². The summed E-state index contributed by atoms with van der Waals surface area (Å²) in [6.07, 6.45) is 1.04. The van der Waals surface area contributed by atoms with Gasteiger partial charge in [-0.25, -0.2) is 0 Å². The van der Waals surface area contributed by atoms with Crippen LogP contribution in [0.5, 0.6) is 0 Å². The van der Waals surface area contributed by atoms with Crippen molar-refractivity contribution in [1.82, 2.24) is 5.32 Å². The fourth-order valence-electron chi connectivity index (χ4n) is 2.72. The monoisotopic (exact) mass is 393 g/mol. The zero-order valence-electron chi connectivity index (χ0n) is 13.3. The minimum absolute atomic E-state index is 0.377. The highest BCUT2D eigenvalue weighted by Gasteiger charge is 2.16. The smallest absolute Gasteiger partial charge is 0.0371 e. The van der Waals surface area contributed by atoms with Crippen molar-refractivity contribution in [2.45, 2.75) is 40.2 Å². The van der Waals surface area contributed by atoms with Crippen molar-refractivity contribution in [3.63, 3.8) is 0 Å². The van der Waals surface area contributed by atoms with E-state index in [1.165, 1.54) is 31.4 Å². The maximum Gasteiger partial charge on any atom is 0.0371 e. The molecule has 0 bridgehead atoms. The van der Waals surface area contributed by atoms with Crippen molar-refractivity contribution in [3.05, 3.63) is 67.8 Å². The number of rotatable bonds is 5. The molecule has 1 N–H and O–H groups in total. The number of halogens is 1. The number of hydrogen-bond donors (Lipinski definition) is 1. The molecule has 21 heavy (non-hydrogen) atoms. The van der Waals surface area contributed by atoms with Crippen molar-refractivity contribution >= 4 is 22.6 Å². The third kappa shape index (κ3) is 4.07. The molecule has 1 unspecified atom stereocenters. The lowest BCUT2D eigenvalue weighted by Crippen LogP contribution is -2.24. The van der Waals surface area contributed by atoms with Gasteiger partial charge in [-0.2, -0.15) is 0 Å². The molecule has 2 rings (SSSR count). The minimum atomic E-state index is 0.377. The predicted molar refractivity (Wildman–Crippen MR) is 99.9 cm³/mol. The highest BCUT2D eigenvalue weighted by Crippen LogP contribution is 2.27. The first kappa shape index (κ1) is 16.5. The van der Waals surface area contributed by atoms with E-state index >= 15 is 0 Å². The normalized spacial score (nSPS) is 12.4. The van der Waals surface area contributed by atoms with Gasteiger partial charge in [0.25, 0.3) is 0 Å². The fourth-order valence-corrected chi connectivity index (χ4v) is 3.45. The molecule has 2 aromatic carbocycles. The Labute approximate surface area is 142 Å². The quantitative estimate of drug-likeness (QED) is 0.697. The molecule has 0 aliphatic heterocycles. The third-order valence-corrected chi connectivity index (χ3v) is 5.45. The van der Waals surface area contributed by atoms with Crippen molar-refractivity contribution in [1.29, 1.82) is 0 Å². The van der Waals surface area contributed by atoms with Crippen LogP contribution in [0.2, 0.25) is 0 Å². The summed E-state index contributed by atoms with van der Waals surface area (Å²) in [7, 11) is 0. The third-order valence-electron chi connectivity index (χ3n) is 3.98. The number of hydrogen-bond acceptors (Lipinski definition) is 1. The highest BCUT2D eigenvalue weighted by atomic mass is 127. The Kier molecular flexibility index (Phi) is 5.82. The Morgan fingerprint density at radius 2 is 1.81 bits per heavy atom. The van der Waals surface area contributed by atoms with Crippen LogP contribution in [0.25, 0.3) is 0 Å². The molecule has 0 aliphatic carbocycles. The van der Waals surface area contributed by atoms with Crippen LogP contribution in [0.15, 0.2) is 36.4 Å². The molecule has 0 heterocycles. The molecule has 0 aromatic heterocycles. The van der Waals surface area contributed by atoms with Gasteiger partial charge in [-0.15, -0.1) is 0 Å². The maximum atomic E-state index is 3.66. The van der Waals surface area contributed by atoms with E-state index in [2.05, 4.69) is 92.0 Å².